The molecule has 1 saturated heterocycles. The second-order valence-corrected chi connectivity index (χ2v) is 8.52. The first-order valence-electron chi connectivity index (χ1n) is 8.59. The predicted octanol–water partition coefficient (Wildman–Crippen LogP) is 1.79. The third-order valence-corrected chi connectivity index (χ3v) is 7.37. The SMILES string of the molecule is CCOP(=O)(OCC)[C@]1(C)[C@H](COC(=O)ON2C(=O)CCC2=O)CC=[N+]1[O-]. The quantitative estimate of drug-likeness (QED) is 0.194. The first-order chi connectivity index (χ1) is 12.7. The maximum atomic E-state index is 13.2. The molecule has 2 atom stereocenters. The van der Waals surface area contributed by atoms with Crippen LogP contribution in [0.4, 0.5) is 4.79 Å². The zero-order valence-electron chi connectivity index (χ0n) is 15.4. The van der Waals surface area contributed by atoms with E-state index in [1.807, 2.05) is 0 Å². The molecule has 152 valence electrons. The van der Waals surface area contributed by atoms with Gasteiger partial charge >= 0.3 is 13.8 Å². The van der Waals surface area contributed by atoms with E-state index in [1.165, 1.54) is 13.1 Å². The number of ether oxygens (including phenoxy) is 1. The van der Waals surface area contributed by atoms with Crippen molar-refractivity contribution in [1.82, 2.24) is 5.06 Å². The van der Waals surface area contributed by atoms with Gasteiger partial charge in [-0.15, -0.1) is 0 Å². The summed E-state index contributed by atoms with van der Waals surface area (Å²) in [6, 6.07) is 0. The van der Waals surface area contributed by atoms with Crippen molar-refractivity contribution in [2.24, 2.45) is 5.92 Å². The van der Waals surface area contributed by atoms with E-state index in [1.54, 1.807) is 13.8 Å². The second-order valence-electron chi connectivity index (χ2n) is 6.10. The summed E-state index contributed by atoms with van der Waals surface area (Å²) in [5.74, 6) is -1.99. The number of hydrogen-bond acceptors (Lipinski definition) is 9. The maximum absolute atomic E-state index is 13.2. The van der Waals surface area contributed by atoms with E-state index >= 15 is 0 Å². The molecular weight excluding hydrogens is 383 g/mol. The van der Waals surface area contributed by atoms with E-state index < -0.39 is 36.8 Å². The van der Waals surface area contributed by atoms with Crippen LogP contribution < -0.4 is 0 Å². The Bertz CT molecular complexity index is 669. The average molecular weight is 406 g/mol. The van der Waals surface area contributed by atoms with Gasteiger partial charge in [-0.25, -0.2) is 4.79 Å². The molecule has 0 bridgehead atoms. The molecule has 12 heteroatoms. The highest BCUT2D eigenvalue weighted by atomic mass is 31.2. The zero-order valence-corrected chi connectivity index (χ0v) is 16.3. The van der Waals surface area contributed by atoms with Gasteiger partial charge in [-0.3, -0.25) is 19.0 Å². The van der Waals surface area contributed by atoms with Gasteiger partial charge in [0.1, 0.15) is 6.61 Å². The lowest BCUT2D eigenvalue weighted by Gasteiger charge is -2.34. The number of carbonyl (C=O) groups is 3. The number of carbonyl (C=O) groups excluding carboxylic acids is 3. The molecule has 2 rings (SSSR count). The number of amides is 2. The Morgan fingerprint density at radius 2 is 1.85 bits per heavy atom. The fourth-order valence-electron chi connectivity index (χ4n) is 2.95. The molecular formula is C15H23N2O9P. The van der Waals surface area contributed by atoms with Crippen LogP contribution in [0, 0.1) is 11.1 Å². The van der Waals surface area contributed by atoms with Gasteiger partial charge < -0.3 is 19.0 Å². The van der Waals surface area contributed by atoms with Crippen molar-refractivity contribution in [3.8, 4) is 0 Å². The van der Waals surface area contributed by atoms with Crippen LogP contribution in [0.2, 0.25) is 0 Å². The Balaban J connectivity index is 2.06. The summed E-state index contributed by atoms with van der Waals surface area (Å²) in [5, 5.41) is 11.1. The molecule has 0 aliphatic carbocycles. The number of hydrogen-bond donors (Lipinski definition) is 0. The van der Waals surface area contributed by atoms with Crippen molar-refractivity contribution < 1.29 is 42.3 Å². The predicted molar refractivity (Wildman–Crippen MR) is 90.6 cm³/mol. The molecule has 2 aliphatic rings. The second kappa shape index (κ2) is 8.37. The van der Waals surface area contributed by atoms with Crippen LogP contribution in [0.15, 0.2) is 0 Å². The number of nitrogens with zero attached hydrogens (tertiary/aromatic N) is 2. The van der Waals surface area contributed by atoms with E-state index in [9.17, 15) is 24.2 Å². The molecule has 0 N–H and O–H groups in total. The summed E-state index contributed by atoms with van der Waals surface area (Å²) in [7, 11) is -3.87. The van der Waals surface area contributed by atoms with Crippen LogP contribution in [-0.2, 0) is 32.8 Å². The van der Waals surface area contributed by atoms with E-state index in [2.05, 4.69) is 4.84 Å². The van der Waals surface area contributed by atoms with E-state index in [4.69, 9.17) is 13.8 Å². The molecule has 0 aromatic rings. The maximum Gasteiger partial charge on any atom is 0.533 e. The zero-order chi connectivity index (χ0) is 20.2. The van der Waals surface area contributed by atoms with Gasteiger partial charge in [-0.2, -0.15) is 4.74 Å². The fourth-order valence-corrected chi connectivity index (χ4v) is 5.17. The van der Waals surface area contributed by atoms with Gasteiger partial charge in [0.05, 0.1) is 19.1 Å². The molecule has 0 saturated carbocycles. The van der Waals surface area contributed by atoms with Crippen LogP contribution in [0.1, 0.15) is 40.0 Å². The summed E-state index contributed by atoms with van der Waals surface area (Å²) in [5.41, 5.74) is 0. The van der Waals surface area contributed by atoms with Crippen molar-refractivity contribution >= 4 is 31.8 Å². The first kappa shape index (κ1) is 21.3. The smallest absolute Gasteiger partial charge is 0.533 e. The third kappa shape index (κ3) is 3.99. The molecule has 0 radical (unpaired) electrons. The fraction of sp³-hybridized carbons (Fsp3) is 0.733. The molecule has 2 heterocycles. The van der Waals surface area contributed by atoms with Crippen molar-refractivity contribution in [3.05, 3.63) is 5.21 Å². The number of imide groups is 1. The average Bonchev–Trinajstić information content (AvgIpc) is 3.08. The Morgan fingerprint density at radius 1 is 1.30 bits per heavy atom. The molecule has 2 aliphatic heterocycles. The monoisotopic (exact) mass is 406 g/mol. The Morgan fingerprint density at radius 3 is 2.37 bits per heavy atom. The summed E-state index contributed by atoms with van der Waals surface area (Å²) < 4.78 is 29.3. The van der Waals surface area contributed by atoms with Gasteiger partial charge in [0.15, 0.2) is 6.21 Å². The summed E-state index contributed by atoms with van der Waals surface area (Å²) in [4.78, 5) is 39.3. The third-order valence-electron chi connectivity index (χ3n) is 4.50. The minimum Gasteiger partial charge on any atom is -0.623 e. The molecule has 1 fully saturated rings. The summed E-state index contributed by atoms with van der Waals surface area (Å²) >= 11 is 0. The lowest BCUT2D eigenvalue weighted by Crippen LogP contribution is -2.43. The van der Waals surface area contributed by atoms with Crippen molar-refractivity contribution in [1.29, 1.82) is 0 Å². The highest BCUT2D eigenvalue weighted by Gasteiger charge is 2.63. The Hall–Kier alpha value is -1.97. The minimum absolute atomic E-state index is 0.0429. The molecule has 11 nitrogen and oxygen atoms in total. The van der Waals surface area contributed by atoms with E-state index in [0.717, 1.165) is 0 Å². The topological polar surface area (TPSA) is 135 Å². The number of rotatable bonds is 8. The Kier molecular flexibility index (Phi) is 6.61. The van der Waals surface area contributed by atoms with Gasteiger partial charge in [-0.1, -0.05) is 5.06 Å². The molecule has 2 amide bonds. The summed E-state index contributed by atoms with van der Waals surface area (Å²) in [6.07, 6.45) is 0.0849. The highest BCUT2D eigenvalue weighted by Crippen LogP contribution is 2.64. The number of hydroxylamine groups is 3. The van der Waals surface area contributed by atoms with E-state index in [-0.39, 0.29) is 39.1 Å². The van der Waals surface area contributed by atoms with Gasteiger partial charge in [0, 0.05) is 26.2 Å². The van der Waals surface area contributed by atoms with Crippen LogP contribution >= 0.6 is 7.60 Å². The first-order valence-corrected chi connectivity index (χ1v) is 10.1. The standard InChI is InChI=1S/C15H23N2O9P/c1-4-24-27(22,25-5-2)15(3)11(8-9-16(15)21)10-23-14(20)26-17-12(18)6-7-13(17)19/h9,11H,4-8,10H2,1-3H3/t11-,15+/m0/s1. The molecule has 0 spiro atoms. The lowest BCUT2D eigenvalue weighted by molar-refractivity contribution is -0.515. The van der Waals surface area contributed by atoms with Gasteiger partial charge in [0.2, 0.25) is 0 Å². The van der Waals surface area contributed by atoms with Crippen LogP contribution in [0.5, 0.6) is 0 Å². The van der Waals surface area contributed by atoms with Crippen molar-refractivity contribution in [2.75, 3.05) is 19.8 Å². The van der Waals surface area contributed by atoms with E-state index in [0.29, 0.717) is 9.80 Å². The largest absolute Gasteiger partial charge is 0.623 e. The molecule has 27 heavy (non-hydrogen) atoms. The van der Waals surface area contributed by atoms with Crippen molar-refractivity contribution in [2.45, 2.75) is 45.3 Å². The highest BCUT2D eigenvalue weighted by molar-refractivity contribution is 7.55. The van der Waals surface area contributed by atoms with Crippen LogP contribution in [0.25, 0.3) is 0 Å². The van der Waals surface area contributed by atoms with Gasteiger partial charge in [0.25, 0.3) is 17.1 Å². The summed E-state index contributed by atoms with van der Waals surface area (Å²) in [6.45, 7) is 4.45. The van der Waals surface area contributed by atoms with Crippen molar-refractivity contribution in [3.63, 3.8) is 0 Å². The molecule has 0 aromatic heterocycles. The van der Waals surface area contributed by atoms with Crippen LogP contribution in [0.3, 0.4) is 0 Å². The van der Waals surface area contributed by atoms with Gasteiger partial charge in [-0.05, 0) is 13.8 Å². The lowest BCUT2D eigenvalue weighted by atomic mass is 10.0. The normalized spacial score (nSPS) is 25.7. The molecule has 0 unspecified atom stereocenters. The molecule has 0 aromatic carbocycles. The minimum atomic E-state index is -3.87. The van der Waals surface area contributed by atoms with Crippen LogP contribution in [-0.4, -0.2) is 59.1 Å². The Labute approximate surface area is 156 Å².